The summed E-state index contributed by atoms with van der Waals surface area (Å²) < 4.78 is 10.6. The van der Waals surface area contributed by atoms with Crippen LogP contribution >= 0.6 is 11.3 Å². The molecule has 130 valence electrons. The molecule has 2 heterocycles. The molecule has 0 atom stereocenters. The van der Waals surface area contributed by atoms with Crippen LogP contribution in [0.5, 0.6) is 5.75 Å². The van der Waals surface area contributed by atoms with Crippen molar-refractivity contribution in [1.29, 1.82) is 0 Å². The van der Waals surface area contributed by atoms with Gasteiger partial charge in [0.25, 0.3) is 5.91 Å². The van der Waals surface area contributed by atoms with Crippen molar-refractivity contribution in [3.8, 4) is 16.9 Å². The monoisotopic (exact) mass is 355 g/mol. The number of carbonyl (C=O) groups excluding carboxylic acids is 1. The minimum Gasteiger partial charge on any atom is -0.484 e. The van der Waals surface area contributed by atoms with Gasteiger partial charge in [-0.2, -0.15) is 0 Å². The highest BCUT2D eigenvalue weighted by Crippen LogP contribution is 2.25. The van der Waals surface area contributed by atoms with E-state index in [-0.39, 0.29) is 12.5 Å². The van der Waals surface area contributed by atoms with Gasteiger partial charge in [-0.25, -0.2) is 0 Å². The van der Waals surface area contributed by atoms with E-state index in [1.54, 1.807) is 23.9 Å². The molecule has 1 aromatic carbocycles. The number of furan rings is 1. The number of carbonyl (C=O) groups is 1. The number of thiophene rings is 1. The average molecular weight is 355 g/mol. The van der Waals surface area contributed by atoms with Gasteiger partial charge in [-0.05, 0) is 46.7 Å². The molecule has 0 aliphatic carbocycles. The molecule has 0 aliphatic rings. The second-order valence-corrected chi connectivity index (χ2v) is 7.10. The highest BCUT2D eigenvalue weighted by molar-refractivity contribution is 7.10. The number of hydrogen-bond donors (Lipinski definition) is 1. The number of amides is 1. The van der Waals surface area contributed by atoms with Gasteiger partial charge in [0.15, 0.2) is 6.61 Å². The maximum absolute atomic E-state index is 12.0. The summed E-state index contributed by atoms with van der Waals surface area (Å²) in [4.78, 5) is 13.0. The zero-order chi connectivity index (χ0) is 17.6. The first-order chi connectivity index (χ1) is 12.1. The van der Waals surface area contributed by atoms with Crippen LogP contribution in [0.4, 0.5) is 0 Å². The Labute approximate surface area is 151 Å². The molecule has 0 saturated carbocycles. The zero-order valence-electron chi connectivity index (χ0n) is 14.3. The third-order valence-corrected chi connectivity index (χ3v) is 4.82. The molecule has 1 N–H and O–H groups in total. The molecule has 4 nitrogen and oxygen atoms in total. The summed E-state index contributed by atoms with van der Waals surface area (Å²) in [7, 11) is 0. The fourth-order valence-electron chi connectivity index (χ4n) is 2.39. The van der Waals surface area contributed by atoms with Crippen LogP contribution < -0.4 is 10.1 Å². The maximum atomic E-state index is 12.0. The molecule has 0 radical (unpaired) electrons. The van der Waals surface area contributed by atoms with Gasteiger partial charge in [-0.3, -0.25) is 4.79 Å². The first-order valence-corrected chi connectivity index (χ1v) is 9.09. The topological polar surface area (TPSA) is 51.5 Å². The molecule has 5 heteroatoms. The third-order valence-electron chi connectivity index (χ3n) is 3.88. The van der Waals surface area contributed by atoms with E-state index < -0.39 is 0 Å². The molecule has 3 rings (SSSR count). The second-order valence-electron chi connectivity index (χ2n) is 6.10. The minimum absolute atomic E-state index is 0.0149. The quantitative estimate of drug-likeness (QED) is 0.660. The Morgan fingerprint density at radius 1 is 1.20 bits per heavy atom. The Kier molecular flexibility index (Phi) is 5.56. The fraction of sp³-hybridized carbons (Fsp3) is 0.250. The Morgan fingerprint density at radius 3 is 2.68 bits per heavy atom. The summed E-state index contributed by atoms with van der Waals surface area (Å²) in [6.45, 7) is 4.80. The van der Waals surface area contributed by atoms with Crippen molar-refractivity contribution in [2.75, 3.05) is 6.61 Å². The fourth-order valence-corrected chi connectivity index (χ4v) is 3.22. The van der Waals surface area contributed by atoms with Gasteiger partial charge in [0.2, 0.25) is 0 Å². The van der Waals surface area contributed by atoms with Crippen LogP contribution in [0.1, 0.15) is 30.2 Å². The average Bonchev–Trinajstić information content (AvgIpc) is 3.29. The molecule has 0 aliphatic heterocycles. The van der Waals surface area contributed by atoms with E-state index >= 15 is 0 Å². The van der Waals surface area contributed by atoms with Crippen LogP contribution in [0, 0.1) is 0 Å². The van der Waals surface area contributed by atoms with Crippen molar-refractivity contribution in [1.82, 2.24) is 5.32 Å². The highest BCUT2D eigenvalue weighted by Gasteiger charge is 2.07. The molecule has 0 saturated heterocycles. The third kappa shape index (κ3) is 4.73. The molecule has 1 amide bonds. The van der Waals surface area contributed by atoms with Crippen LogP contribution in [0.2, 0.25) is 0 Å². The Balaban J connectivity index is 1.45. The Hall–Kier alpha value is -2.53. The molecule has 3 aromatic rings. The lowest BCUT2D eigenvalue weighted by Crippen LogP contribution is -2.28. The molecule has 0 bridgehead atoms. The lowest BCUT2D eigenvalue weighted by atomic mass is 10.0. The molecule has 25 heavy (non-hydrogen) atoms. The van der Waals surface area contributed by atoms with Crippen molar-refractivity contribution in [2.24, 2.45) is 0 Å². The summed E-state index contributed by atoms with van der Waals surface area (Å²) in [6.07, 6.45) is 3.36. The summed E-state index contributed by atoms with van der Waals surface area (Å²) >= 11 is 1.61. The van der Waals surface area contributed by atoms with Gasteiger partial charge >= 0.3 is 0 Å². The highest BCUT2D eigenvalue weighted by atomic mass is 32.1. The molecule has 0 fully saturated rings. The van der Waals surface area contributed by atoms with E-state index in [1.165, 1.54) is 5.56 Å². The van der Waals surface area contributed by atoms with Crippen molar-refractivity contribution < 1.29 is 13.9 Å². The first-order valence-electron chi connectivity index (χ1n) is 8.21. The maximum Gasteiger partial charge on any atom is 0.258 e. The summed E-state index contributed by atoms with van der Waals surface area (Å²) in [5.74, 6) is 1.05. The van der Waals surface area contributed by atoms with Crippen LogP contribution in [0.15, 0.2) is 58.7 Å². The molecular formula is C20H21NO3S. The van der Waals surface area contributed by atoms with Crippen LogP contribution in [0.25, 0.3) is 11.1 Å². The number of nitrogens with one attached hydrogen (secondary N) is 1. The van der Waals surface area contributed by atoms with Crippen LogP contribution in [-0.2, 0) is 11.3 Å². The Bertz CT molecular complexity index is 804. The van der Waals surface area contributed by atoms with Crippen molar-refractivity contribution in [3.05, 3.63) is 64.7 Å². The first kappa shape index (κ1) is 17.3. The number of benzene rings is 1. The SMILES string of the molecule is CC(C)c1ccc(OCC(=O)NCc2cc(-c3ccoc3)cs2)cc1. The van der Waals surface area contributed by atoms with Crippen molar-refractivity contribution >= 4 is 17.2 Å². The molecule has 2 aromatic heterocycles. The second kappa shape index (κ2) is 8.03. The molecule has 0 unspecified atom stereocenters. The predicted molar refractivity (Wildman–Crippen MR) is 99.9 cm³/mol. The van der Waals surface area contributed by atoms with Gasteiger partial charge in [0.1, 0.15) is 5.75 Å². The van der Waals surface area contributed by atoms with E-state index in [0.29, 0.717) is 18.2 Å². The standard InChI is InChI=1S/C20H21NO3S/c1-14(2)15-3-5-18(6-4-15)24-12-20(22)21-10-19-9-17(13-25-19)16-7-8-23-11-16/h3-9,11,13-14H,10,12H2,1-2H3,(H,21,22). The zero-order valence-corrected chi connectivity index (χ0v) is 15.1. The van der Waals surface area contributed by atoms with E-state index in [0.717, 1.165) is 16.0 Å². The smallest absolute Gasteiger partial charge is 0.258 e. The van der Waals surface area contributed by atoms with E-state index in [9.17, 15) is 4.79 Å². The van der Waals surface area contributed by atoms with Gasteiger partial charge in [-0.15, -0.1) is 11.3 Å². The van der Waals surface area contributed by atoms with E-state index in [1.807, 2.05) is 30.3 Å². The number of rotatable bonds is 7. The summed E-state index contributed by atoms with van der Waals surface area (Å²) in [5, 5.41) is 4.94. The van der Waals surface area contributed by atoms with Gasteiger partial charge in [0, 0.05) is 10.4 Å². The van der Waals surface area contributed by atoms with Crippen molar-refractivity contribution in [3.63, 3.8) is 0 Å². The lowest BCUT2D eigenvalue weighted by molar-refractivity contribution is -0.123. The summed E-state index contributed by atoms with van der Waals surface area (Å²) in [6, 6.07) is 11.8. The largest absolute Gasteiger partial charge is 0.484 e. The van der Waals surface area contributed by atoms with Gasteiger partial charge in [0.05, 0.1) is 19.1 Å². The molecular weight excluding hydrogens is 334 g/mol. The van der Waals surface area contributed by atoms with E-state index in [4.69, 9.17) is 9.15 Å². The summed E-state index contributed by atoms with van der Waals surface area (Å²) in [5.41, 5.74) is 3.40. The van der Waals surface area contributed by atoms with Crippen LogP contribution in [0.3, 0.4) is 0 Å². The lowest BCUT2D eigenvalue weighted by Gasteiger charge is -2.09. The Morgan fingerprint density at radius 2 is 2.00 bits per heavy atom. The van der Waals surface area contributed by atoms with E-state index in [2.05, 4.69) is 30.6 Å². The van der Waals surface area contributed by atoms with Gasteiger partial charge in [-0.1, -0.05) is 26.0 Å². The normalized spacial score (nSPS) is 10.8. The van der Waals surface area contributed by atoms with Crippen LogP contribution in [-0.4, -0.2) is 12.5 Å². The molecule has 0 spiro atoms. The predicted octanol–water partition coefficient (Wildman–Crippen LogP) is 4.83. The number of hydrogen-bond acceptors (Lipinski definition) is 4. The number of ether oxygens (including phenoxy) is 1. The minimum atomic E-state index is -0.133. The van der Waals surface area contributed by atoms with Gasteiger partial charge < -0.3 is 14.5 Å². The van der Waals surface area contributed by atoms with Crippen molar-refractivity contribution in [2.45, 2.75) is 26.3 Å².